The minimum absolute atomic E-state index is 0.160. The zero-order valence-electron chi connectivity index (χ0n) is 13.7. The zero-order chi connectivity index (χ0) is 15.0. The molecule has 0 aliphatic heterocycles. The topological polar surface area (TPSA) is 55.1 Å². The normalized spacial score (nSPS) is 28.2. The Hall–Kier alpha value is -0.570. The molecule has 0 unspecified atom stereocenters. The van der Waals surface area contributed by atoms with Gasteiger partial charge in [0.2, 0.25) is 5.91 Å². The average Bonchev–Trinajstić information content (AvgIpc) is 2.58. The van der Waals surface area contributed by atoms with Crippen molar-refractivity contribution in [1.82, 2.24) is 5.32 Å². The molecule has 2 rings (SSSR count). The molecule has 3 nitrogen and oxygen atoms in total. The van der Waals surface area contributed by atoms with Crippen LogP contribution in [-0.4, -0.2) is 17.5 Å². The third-order valence-electron chi connectivity index (χ3n) is 5.03. The molecule has 0 radical (unpaired) electrons. The molecule has 0 spiro atoms. The van der Waals surface area contributed by atoms with Crippen LogP contribution >= 0.6 is 0 Å². The van der Waals surface area contributed by atoms with E-state index in [0.717, 1.165) is 25.7 Å². The van der Waals surface area contributed by atoms with E-state index in [-0.39, 0.29) is 11.4 Å². The first-order chi connectivity index (χ1) is 9.09. The summed E-state index contributed by atoms with van der Waals surface area (Å²) in [6, 6.07) is 0.311. The van der Waals surface area contributed by atoms with E-state index < -0.39 is 0 Å². The molecule has 2 aliphatic carbocycles. The molecule has 0 heterocycles. The van der Waals surface area contributed by atoms with E-state index >= 15 is 0 Å². The Bertz CT molecular complexity index is 351. The summed E-state index contributed by atoms with van der Waals surface area (Å²) in [5.41, 5.74) is 6.70. The highest BCUT2D eigenvalue weighted by atomic mass is 16.1. The highest BCUT2D eigenvalue weighted by molar-refractivity contribution is 5.77. The fourth-order valence-corrected chi connectivity index (χ4v) is 4.80. The van der Waals surface area contributed by atoms with Crippen LogP contribution in [0.1, 0.15) is 79.1 Å². The highest BCUT2D eigenvalue weighted by Gasteiger charge is 2.39. The summed E-state index contributed by atoms with van der Waals surface area (Å²) in [4.78, 5) is 12.3. The first-order valence-electron chi connectivity index (χ1n) is 8.18. The van der Waals surface area contributed by atoms with E-state index in [0.29, 0.717) is 23.3 Å². The van der Waals surface area contributed by atoms with Gasteiger partial charge in [-0.1, -0.05) is 40.5 Å². The van der Waals surface area contributed by atoms with E-state index in [1.165, 1.54) is 19.3 Å². The number of rotatable bonds is 3. The van der Waals surface area contributed by atoms with Gasteiger partial charge in [0, 0.05) is 18.0 Å². The summed E-state index contributed by atoms with van der Waals surface area (Å²) in [7, 11) is 0. The molecule has 0 aromatic carbocycles. The van der Waals surface area contributed by atoms with Crippen molar-refractivity contribution in [2.75, 3.05) is 0 Å². The third kappa shape index (κ3) is 4.21. The molecular weight excluding hydrogens is 248 g/mol. The number of nitrogens with one attached hydrogen (secondary N) is 1. The Kier molecular flexibility index (Phi) is 4.21. The summed E-state index contributed by atoms with van der Waals surface area (Å²) < 4.78 is 0. The lowest BCUT2D eigenvalue weighted by Gasteiger charge is -2.45. The fourth-order valence-electron chi connectivity index (χ4n) is 4.80. The molecule has 2 fully saturated rings. The Balaban J connectivity index is 1.90. The van der Waals surface area contributed by atoms with Crippen LogP contribution in [0.25, 0.3) is 0 Å². The quantitative estimate of drug-likeness (QED) is 0.833. The summed E-state index contributed by atoms with van der Waals surface area (Å²) in [6.45, 7) is 9.26. The maximum absolute atomic E-state index is 12.3. The van der Waals surface area contributed by atoms with Crippen molar-refractivity contribution in [3.63, 3.8) is 0 Å². The first-order valence-corrected chi connectivity index (χ1v) is 8.18. The van der Waals surface area contributed by atoms with Crippen molar-refractivity contribution < 1.29 is 4.79 Å². The van der Waals surface area contributed by atoms with E-state index in [4.69, 9.17) is 5.73 Å². The monoisotopic (exact) mass is 280 g/mol. The molecule has 2 aliphatic rings. The first kappa shape index (κ1) is 15.8. The van der Waals surface area contributed by atoms with Crippen molar-refractivity contribution in [3.8, 4) is 0 Å². The largest absolute Gasteiger partial charge is 0.353 e. The Labute approximate surface area is 124 Å². The predicted molar refractivity (Wildman–Crippen MR) is 83.3 cm³/mol. The van der Waals surface area contributed by atoms with Crippen LogP contribution in [0.3, 0.4) is 0 Å². The fraction of sp³-hybridized carbons (Fsp3) is 0.941. The number of carbonyl (C=O) groups excluding carboxylic acids is 1. The third-order valence-corrected chi connectivity index (χ3v) is 5.03. The van der Waals surface area contributed by atoms with Crippen molar-refractivity contribution in [1.29, 1.82) is 0 Å². The second kappa shape index (κ2) is 5.32. The molecule has 116 valence electrons. The zero-order valence-corrected chi connectivity index (χ0v) is 13.7. The van der Waals surface area contributed by atoms with Gasteiger partial charge in [-0.25, -0.2) is 0 Å². The Morgan fingerprint density at radius 2 is 1.60 bits per heavy atom. The molecule has 0 aromatic heterocycles. The highest BCUT2D eigenvalue weighted by Crippen LogP contribution is 2.45. The Morgan fingerprint density at radius 3 is 2.10 bits per heavy atom. The molecule has 3 N–H and O–H groups in total. The van der Waals surface area contributed by atoms with Crippen LogP contribution in [0.2, 0.25) is 0 Å². The average molecular weight is 280 g/mol. The van der Waals surface area contributed by atoms with Crippen molar-refractivity contribution >= 4 is 5.91 Å². The van der Waals surface area contributed by atoms with Gasteiger partial charge >= 0.3 is 0 Å². The van der Waals surface area contributed by atoms with Gasteiger partial charge in [-0.05, 0) is 42.9 Å². The van der Waals surface area contributed by atoms with E-state index in [1.54, 1.807) is 0 Å². The lowest BCUT2D eigenvalue weighted by molar-refractivity contribution is -0.123. The lowest BCUT2D eigenvalue weighted by Crippen LogP contribution is -2.49. The molecule has 0 atom stereocenters. The molecule has 2 saturated carbocycles. The Morgan fingerprint density at radius 1 is 1.10 bits per heavy atom. The maximum Gasteiger partial charge on any atom is 0.222 e. The number of amides is 1. The van der Waals surface area contributed by atoms with Crippen LogP contribution in [0, 0.1) is 10.8 Å². The van der Waals surface area contributed by atoms with Crippen LogP contribution in [0.4, 0.5) is 0 Å². The lowest BCUT2D eigenvalue weighted by atomic mass is 9.63. The smallest absolute Gasteiger partial charge is 0.222 e. The van der Waals surface area contributed by atoms with Gasteiger partial charge in [0.15, 0.2) is 0 Å². The molecule has 0 aromatic rings. The van der Waals surface area contributed by atoms with Crippen molar-refractivity contribution in [3.05, 3.63) is 0 Å². The SMILES string of the molecule is CC1(C)CC(NC(=O)CC2(N)CCCC2)CC(C)(C)C1. The van der Waals surface area contributed by atoms with Gasteiger partial charge in [-0.3, -0.25) is 4.79 Å². The van der Waals surface area contributed by atoms with Gasteiger partial charge in [-0.2, -0.15) is 0 Å². The molecule has 3 heteroatoms. The maximum atomic E-state index is 12.3. The number of carbonyl (C=O) groups is 1. The van der Waals surface area contributed by atoms with Crippen LogP contribution in [0.5, 0.6) is 0 Å². The van der Waals surface area contributed by atoms with Gasteiger partial charge in [-0.15, -0.1) is 0 Å². The number of hydrogen-bond acceptors (Lipinski definition) is 2. The standard InChI is InChI=1S/C17H32N2O/c1-15(2)9-13(10-16(3,4)12-15)19-14(20)11-17(18)7-5-6-8-17/h13H,5-12,18H2,1-4H3,(H,19,20). The van der Waals surface area contributed by atoms with E-state index in [1.807, 2.05) is 0 Å². The van der Waals surface area contributed by atoms with Crippen molar-refractivity contribution in [2.24, 2.45) is 16.6 Å². The van der Waals surface area contributed by atoms with Crippen molar-refractivity contribution in [2.45, 2.75) is 90.6 Å². The minimum atomic E-state index is -0.232. The summed E-state index contributed by atoms with van der Waals surface area (Å²) in [5, 5.41) is 3.26. The summed E-state index contributed by atoms with van der Waals surface area (Å²) in [5.74, 6) is 0.160. The second-order valence-corrected chi connectivity index (χ2v) is 8.92. The molecule has 1 amide bonds. The second-order valence-electron chi connectivity index (χ2n) is 8.92. The van der Waals surface area contributed by atoms with Crippen LogP contribution < -0.4 is 11.1 Å². The van der Waals surface area contributed by atoms with Gasteiger partial charge in [0.05, 0.1) is 0 Å². The minimum Gasteiger partial charge on any atom is -0.353 e. The van der Waals surface area contributed by atoms with Gasteiger partial charge in [0.25, 0.3) is 0 Å². The number of hydrogen-bond donors (Lipinski definition) is 2. The molecule has 0 bridgehead atoms. The molecular formula is C17H32N2O. The summed E-state index contributed by atoms with van der Waals surface area (Å²) in [6.07, 6.45) is 8.25. The van der Waals surface area contributed by atoms with E-state index in [9.17, 15) is 4.79 Å². The van der Waals surface area contributed by atoms with Gasteiger partial charge < -0.3 is 11.1 Å². The van der Waals surface area contributed by atoms with Gasteiger partial charge in [0.1, 0.15) is 0 Å². The van der Waals surface area contributed by atoms with Crippen LogP contribution in [0.15, 0.2) is 0 Å². The molecule has 20 heavy (non-hydrogen) atoms. The molecule has 0 saturated heterocycles. The predicted octanol–water partition coefficient (Wildman–Crippen LogP) is 3.37. The summed E-state index contributed by atoms with van der Waals surface area (Å²) >= 11 is 0. The van der Waals surface area contributed by atoms with E-state index in [2.05, 4.69) is 33.0 Å². The number of nitrogens with two attached hydrogens (primary N) is 1. The van der Waals surface area contributed by atoms with Crippen LogP contribution in [-0.2, 0) is 4.79 Å².